The average Bonchev–Trinajstić information content (AvgIpc) is 2.84. The van der Waals surface area contributed by atoms with Crippen molar-refractivity contribution in [3.8, 4) is 11.1 Å². The number of nitrogens with two attached hydrogens (primary N) is 1. The van der Waals surface area contributed by atoms with E-state index in [4.69, 9.17) is 21.4 Å². The van der Waals surface area contributed by atoms with Crippen molar-refractivity contribution >= 4 is 32.8 Å². The topological polar surface area (TPSA) is 101 Å². The van der Waals surface area contributed by atoms with Crippen LogP contribution < -0.4 is 5.73 Å². The molecule has 0 amide bonds. The summed E-state index contributed by atoms with van der Waals surface area (Å²) < 4.78 is 16.0. The zero-order valence-corrected chi connectivity index (χ0v) is 14.3. The summed E-state index contributed by atoms with van der Waals surface area (Å²) in [6.07, 6.45) is 0.952. The van der Waals surface area contributed by atoms with Gasteiger partial charge in [0.05, 0.1) is 38.8 Å². The first-order valence-electron chi connectivity index (χ1n) is 7.74. The SMILES string of the molecule is [B]C([B])(O)Cc1nc(N)nn2cc(F)c(-c3ccc(N=NC)c(C)c3)c12. The van der Waals surface area contributed by atoms with Gasteiger partial charge in [-0.15, -0.1) is 5.10 Å². The standard InChI is InChI=1S/C16H15B2FN6O/c1-8-5-9(3-4-11(8)23-21-2)13-10(19)7-25-14(13)12(6-16(17,18)26)22-15(20)24-25/h3-5,7,26H,6H2,1-2H3,(H2,20,24). The number of hydrogen-bond donors (Lipinski definition) is 2. The lowest BCUT2D eigenvalue weighted by molar-refractivity contribution is 0.213. The van der Waals surface area contributed by atoms with Crippen LogP contribution in [0.2, 0.25) is 0 Å². The molecule has 0 saturated heterocycles. The molecule has 7 nitrogen and oxygen atoms in total. The molecular formula is C16H15B2FN6O. The van der Waals surface area contributed by atoms with Crippen molar-refractivity contribution in [3.05, 3.63) is 41.5 Å². The minimum Gasteiger partial charge on any atom is -0.409 e. The summed E-state index contributed by atoms with van der Waals surface area (Å²) in [5.74, 6) is -0.610. The lowest BCUT2D eigenvalue weighted by Gasteiger charge is -2.18. The zero-order valence-electron chi connectivity index (χ0n) is 14.3. The molecule has 2 heterocycles. The van der Waals surface area contributed by atoms with E-state index in [1.54, 1.807) is 25.2 Å². The van der Waals surface area contributed by atoms with Crippen molar-refractivity contribution in [2.45, 2.75) is 18.7 Å². The lowest BCUT2D eigenvalue weighted by atomic mass is 9.63. The van der Waals surface area contributed by atoms with Gasteiger partial charge in [0.2, 0.25) is 5.95 Å². The molecule has 0 aliphatic heterocycles. The molecule has 10 heteroatoms. The Hall–Kier alpha value is -2.74. The summed E-state index contributed by atoms with van der Waals surface area (Å²) in [5, 5.41) is 19.5. The summed E-state index contributed by atoms with van der Waals surface area (Å²) in [6, 6.07) is 5.23. The van der Waals surface area contributed by atoms with Crippen molar-refractivity contribution in [3.63, 3.8) is 0 Å². The van der Waals surface area contributed by atoms with Crippen LogP contribution in [0.15, 0.2) is 34.6 Å². The molecule has 0 aliphatic carbocycles. The third kappa shape index (κ3) is 3.45. The van der Waals surface area contributed by atoms with Gasteiger partial charge >= 0.3 is 0 Å². The summed E-state index contributed by atoms with van der Waals surface area (Å²) in [7, 11) is 12.5. The summed E-state index contributed by atoms with van der Waals surface area (Å²) in [4.78, 5) is 4.08. The van der Waals surface area contributed by atoms with Gasteiger partial charge in [-0.25, -0.2) is 13.9 Å². The Bertz CT molecular complexity index is 1010. The van der Waals surface area contributed by atoms with Crippen molar-refractivity contribution in [1.29, 1.82) is 0 Å². The van der Waals surface area contributed by atoms with Crippen LogP contribution in [-0.2, 0) is 6.42 Å². The van der Waals surface area contributed by atoms with Gasteiger partial charge in [0.15, 0.2) is 5.82 Å². The third-order valence-electron chi connectivity index (χ3n) is 3.82. The number of aromatic nitrogens is 3. The van der Waals surface area contributed by atoms with E-state index in [-0.39, 0.29) is 23.6 Å². The second-order valence-corrected chi connectivity index (χ2v) is 6.03. The number of fused-ring (bicyclic) bond motifs is 1. The van der Waals surface area contributed by atoms with Crippen LogP contribution in [0.4, 0.5) is 16.0 Å². The van der Waals surface area contributed by atoms with Gasteiger partial charge in [0.25, 0.3) is 0 Å². The predicted octanol–water partition coefficient (Wildman–Crippen LogP) is 1.67. The Morgan fingerprint density at radius 2 is 2.12 bits per heavy atom. The first kappa shape index (κ1) is 18.1. The molecular weight excluding hydrogens is 333 g/mol. The van der Waals surface area contributed by atoms with E-state index >= 15 is 0 Å². The molecule has 1 aromatic carbocycles. The highest BCUT2D eigenvalue weighted by molar-refractivity contribution is 6.38. The Morgan fingerprint density at radius 1 is 1.38 bits per heavy atom. The Kier molecular flexibility index (Phi) is 4.53. The highest BCUT2D eigenvalue weighted by Crippen LogP contribution is 2.34. The van der Waals surface area contributed by atoms with Gasteiger partial charge in [-0.1, -0.05) is 6.07 Å². The zero-order chi connectivity index (χ0) is 19.1. The van der Waals surface area contributed by atoms with Crippen molar-refractivity contribution in [2.24, 2.45) is 10.2 Å². The summed E-state index contributed by atoms with van der Waals surface area (Å²) >= 11 is 0. The highest BCUT2D eigenvalue weighted by atomic mass is 19.1. The van der Waals surface area contributed by atoms with E-state index in [2.05, 4.69) is 20.3 Å². The number of azo groups is 1. The molecule has 3 aromatic rings. The lowest BCUT2D eigenvalue weighted by Crippen LogP contribution is -2.33. The number of rotatable bonds is 4. The number of anilines is 1. The minimum absolute atomic E-state index is 0.0896. The number of aryl methyl sites for hydroxylation is 1. The van der Waals surface area contributed by atoms with Crippen LogP contribution in [0.25, 0.3) is 16.6 Å². The fourth-order valence-corrected chi connectivity index (χ4v) is 2.84. The number of nitrogens with zero attached hydrogens (tertiary/aromatic N) is 5. The average molecular weight is 348 g/mol. The van der Waals surface area contributed by atoms with Crippen molar-refractivity contribution < 1.29 is 9.50 Å². The Morgan fingerprint density at radius 3 is 2.73 bits per heavy atom. The normalized spacial score (nSPS) is 12.3. The second kappa shape index (κ2) is 6.53. The van der Waals surface area contributed by atoms with Gasteiger partial charge in [0, 0.05) is 19.0 Å². The molecule has 0 unspecified atom stereocenters. The molecule has 3 rings (SSSR count). The van der Waals surface area contributed by atoms with Gasteiger partial charge in [0.1, 0.15) is 0 Å². The summed E-state index contributed by atoms with van der Waals surface area (Å²) in [6.45, 7) is 1.84. The first-order valence-corrected chi connectivity index (χ1v) is 7.74. The predicted molar refractivity (Wildman–Crippen MR) is 98.1 cm³/mol. The third-order valence-corrected chi connectivity index (χ3v) is 3.82. The first-order chi connectivity index (χ1) is 12.2. The van der Waals surface area contributed by atoms with Crippen LogP contribution >= 0.6 is 0 Å². The molecule has 0 fully saturated rings. The van der Waals surface area contributed by atoms with E-state index in [1.165, 1.54) is 10.7 Å². The van der Waals surface area contributed by atoms with Crippen molar-refractivity contribution in [1.82, 2.24) is 14.6 Å². The van der Waals surface area contributed by atoms with E-state index in [1.807, 2.05) is 6.92 Å². The van der Waals surface area contributed by atoms with Crippen LogP contribution in [0, 0.1) is 12.7 Å². The van der Waals surface area contributed by atoms with E-state index in [9.17, 15) is 9.50 Å². The number of halogens is 1. The molecule has 0 spiro atoms. The molecule has 0 saturated carbocycles. The number of nitrogen functional groups attached to an aromatic ring is 1. The van der Waals surface area contributed by atoms with Crippen molar-refractivity contribution in [2.75, 3.05) is 12.8 Å². The van der Waals surface area contributed by atoms with E-state index in [0.717, 1.165) is 5.56 Å². The van der Waals surface area contributed by atoms with E-state index < -0.39 is 11.2 Å². The second-order valence-electron chi connectivity index (χ2n) is 6.03. The van der Waals surface area contributed by atoms with Gasteiger partial charge in [-0.3, -0.25) is 0 Å². The number of aliphatic hydroxyl groups is 1. The summed E-state index contributed by atoms with van der Waals surface area (Å²) in [5.41, 5.74) is 8.57. The smallest absolute Gasteiger partial charge is 0.238 e. The monoisotopic (exact) mass is 348 g/mol. The highest BCUT2D eigenvalue weighted by Gasteiger charge is 2.23. The van der Waals surface area contributed by atoms with Gasteiger partial charge < -0.3 is 10.8 Å². The van der Waals surface area contributed by atoms with Gasteiger partial charge in [-0.2, -0.15) is 10.2 Å². The fraction of sp³-hybridized carbons (Fsp3) is 0.250. The molecule has 3 N–H and O–H groups in total. The molecule has 0 atom stereocenters. The molecule has 26 heavy (non-hydrogen) atoms. The molecule has 0 aliphatic rings. The van der Waals surface area contributed by atoms with Crippen LogP contribution in [0.5, 0.6) is 0 Å². The maximum atomic E-state index is 14.7. The molecule has 128 valence electrons. The van der Waals surface area contributed by atoms with Gasteiger partial charge in [-0.05, 0) is 35.6 Å². The molecule has 0 bridgehead atoms. The number of benzene rings is 1. The molecule has 4 radical (unpaired) electrons. The largest absolute Gasteiger partial charge is 0.409 e. The van der Waals surface area contributed by atoms with Crippen LogP contribution in [-0.4, -0.2) is 47.8 Å². The fourth-order valence-electron chi connectivity index (χ4n) is 2.84. The number of hydrogen-bond acceptors (Lipinski definition) is 6. The Balaban J connectivity index is 2.26. The van der Waals surface area contributed by atoms with Crippen LogP contribution in [0.3, 0.4) is 0 Å². The maximum absolute atomic E-state index is 14.7. The Labute approximate surface area is 152 Å². The minimum atomic E-state index is -2.03. The van der Waals surface area contributed by atoms with E-state index in [0.29, 0.717) is 16.8 Å². The quantitative estimate of drug-likeness (QED) is 0.553. The maximum Gasteiger partial charge on any atom is 0.238 e. The molecule has 2 aromatic heterocycles. The van der Waals surface area contributed by atoms with Crippen LogP contribution in [0.1, 0.15) is 11.3 Å².